The van der Waals surface area contributed by atoms with E-state index in [1.165, 1.54) is 6.26 Å². The number of furan rings is 1. The maximum Gasteiger partial charge on any atom is 0.288 e. The summed E-state index contributed by atoms with van der Waals surface area (Å²) in [4.78, 5) is 12.0. The quantitative estimate of drug-likeness (QED) is 0.764. The maximum atomic E-state index is 11.7. The summed E-state index contributed by atoms with van der Waals surface area (Å²) in [5.41, 5.74) is 5.56. The normalized spacial score (nSPS) is 11.1. The number of aryl methyl sites for hydroxylation is 1. The van der Waals surface area contributed by atoms with Crippen molar-refractivity contribution in [1.29, 1.82) is 0 Å². The summed E-state index contributed by atoms with van der Waals surface area (Å²) in [6.45, 7) is 5.28. The van der Waals surface area contributed by atoms with E-state index in [0.717, 1.165) is 5.56 Å². The molecule has 1 heterocycles. The second-order valence-corrected chi connectivity index (χ2v) is 4.32. The van der Waals surface area contributed by atoms with Crippen LogP contribution in [0.15, 0.2) is 16.7 Å². The standard InChI is InChI=1S/C10H14N2O2S/c1-6-4-5-14-7(6)8(13)12-10(2,3)9(11)15/h4-5H,1-3H3,(H2,11,15)(H,12,13). The Labute approximate surface area is 93.8 Å². The summed E-state index contributed by atoms with van der Waals surface area (Å²) in [5.74, 6) is -0.0189. The van der Waals surface area contributed by atoms with E-state index in [4.69, 9.17) is 22.4 Å². The van der Waals surface area contributed by atoms with Crippen LogP contribution in [0.2, 0.25) is 0 Å². The van der Waals surface area contributed by atoms with Crippen molar-refractivity contribution in [2.45, 2.75) is 26.3 Å². The number of hydrogen-bond donors (Lipinski definition) is 2. The number of nitrogens with two attached hydrogens (primary N) is 1. The van der Waals surface area contributed by atoms with Gasteiger partial charge in [0.1, 0.15) is 0 Å². The SMILES string of the molecule is Cc1ccoc1C(=O)NC(C)(C)C(N)=S. The lowest BCUT2D eigenvalue weighted by Gasteiger charge is -2.24. The van der Waals surface area contributed by atoms with E-state index in [1.807, 2.05) is 0 Å². The lowest BCUT2D eigenvalue weighted by Crippen LogP contribution is -2.52. The van der Waals surface area contributed by atoms with Crippen LogP contribution in [0, 0.1) is 6.92 Å². The molecule has 4 nitrogen and oxygen atoms in total. The molecular formula is C10H14N2O2S. The Morgan fingerprint density at radius 2 is 2.20 bits per heavy atom. The Morgan fingerprint density at radius 1 is 1.60 bits per heavy atom. The summed E-state index contributed by atoms with van der Waals surface area (Å²) >= 11 is 4.84. The highest BCUT2D eigenvalue weighted by atomic mass is 32.1. The molecule has 1 aromatic rings. The third-order valence-corrected chi connectivity index (χ3v) is 2.62. The van der Waals surface area contributed by atoms with Crippen molar-refractivity contribution < 1.29 is 9.21 Å². The van der Waals surface area contributed by atoms with Crippen molar-refractivity contribution in [3.63, 3.8) is 0 Å². The van der Waals surface area contributed by atoms with Gasteiger partial charge in [-0.1, -0.05) is 12.2 Å². The molecule has 0 atom stereocenters. The second-order valence-electron chi connectivity index (χ2n) is 3.88. The highest BCUT2D eigenvalue weighted by Crippen LogP contribution is 2.11. The predicted molar refractivity (Wildman–Crippen MR) is 61.8 cm³/mol. The van der Waals surface area contributed by atoms with Crippen LogP contribution in [0.3, 0.4) is 0 Å². The first kappa shape index (κ1) is 11.7. The summed E-state index contributed by atoms with van der Waals surface area (Å²) in [5, 5.41) is 2.70. The van der Waals surface area contributed by atoms with E-state index in [1.54, 1.807) is 26.8 Å². The van der Waals surface area contributed by atoms with Gasteiger partial charge in [-0.05, 0) is 26.8 Å². The van der Waals surface area contributed by atoms with E-state index in [-0.39, 0.29) is 10.9 Å². The highest BCUT2D eigenvalue weighted by Gasteiger charge is 2.26. The molecule has 0 saturated carbocycles. The van der Waals surface area contributed by atoms with Crippen LogP contribution in [0.1, 0.15) is 30.0 Å². The first-order chi connectivity index (χ1) is 6.84. The zero-order valence-electron chi connectivity index (χ0n) is 8.96. The van der Waals surface area contributed by atoms with Crippen LogP contribution < -0.4 is 11.1 Å². The van der Waals surface area contributed by atoms with Crippen molar-refractivity contribution in [2.75, 3.05) is 0 Å². The van der Waals surface area contributed by atoms with Gasteiger partial charge in [0.15, 0.2) is 5.76 Å². The number of nitrogens with one attached hydrogen (secondary N) is 1. The van der Waals surface area contributed by atoms with Crippen LogP contribution in [-0.2, 0) is 0 Å². The van der Waals surface area contributed by atoms with Gasteiger partial charge >= 0.3 is 0 Å². The van der Waals surface area contributed by atoms with Gasteiger partial charge in [0.25, 0.3) is 5.91 Å². The molecule has 0 aliphatic carbocycles. The number of carbonyl (C=O) groups is 1. The number of thiocarbonyl (C=S) groups is 1. The Kier molecular flexibility index (Phi) is 3.14. The fraction of sp³-hybridized carbons (Fsp3) is 0.400. The average Bonchev–Trinajstić information content (AvgIpc) is 2.50. The number of rotatable bonds is 3. The van der Waals surface area contributed by atoms with E-state index >= 15 is 0 Å². The predicted octanol–water partition coefficient (Wildman–Crippen LogP) is 1.38. The fourth-order valence-corrected chi connectivity index (χ4v) is 1.06. The van der Waals surface area contributed by atoms with Gasteiger partial charge in [-0.3, -0.25) is 4.79 Å². The summed E-state index contributed by atoms with van der Waals surface area (Å²) < 4.78 is 5.06. The lowest BCUT2D eigenvalue weighted by atomic mass is 10.1. The third-order valence-electron chi connectivity index (χ3n) is 2.11. The van der Waals surface area contributed by atoms with Gasteiger partial charge in [-0.2, -0.15) is 0 Å². The van der Waals surface area contributed by atoms with E-state index in [2.05, 4.69) is 5.32 Å². The van der Waals surface area contributed by atoms with Gasteiger partial charge < -0.3 is 15.5 Å². The average molecular weight is 226 g/mol. The molecule has 15 heavy (non-hydrogen) atoms. The highest BCUT2D eigenvalue weighted by molar-refractivity contribution is 7.80. The monoisotopic (exact) mass is 226 g/mol. The van der Waals surface area contributed by atoms with Gasteiger partial charge in [-0.15, -0.1) is 0 Å². The Morgan fingerprint density at radius 3 is 2.60 bits per heavy atom. The molecule has 0 radical (unpaired) electrons. The van der Waals surface area contributed by atoms with Gasteiger partial charge in [0, 0.05) is 5.56 Å². The molecule has 1 rings (SSSR count). The van der Waals surface area contributed by atoms with E-state index in [0.29, 0.717) is 5.76 Å². The molecular weight excluding hydrogens is 212 g/mol. The van der Waals surface area contributed by atoms with E-state index < -0.39 is 5.54 Å². The molecule has 0 fully saturated rings. The third kappa shape index (κ3) is 2.56. The zero-order chi connectivity index (χ0) is 11.6. The molecule has 0 bridgehead atoms. The topological polar surface area (TPSA) is 68.3 Å². The molecule has 1 amide bonds. The maximum absolute atomic E-state index is 11.7. The molecule has 82 valence electrons. The van der Waals surface area contributed by atoms with Crippen molar-refractivity contribution >= 4 is 23.1 Å². The second kappa shape index (κ2) is 4.02. The molecule has 0 aliphatic heterocycles. The fourth-order valence-electron chi connectivity index (χ4n) is 1.01. The Hall–Kier alpha value is -1.36. The zero-order valence-corrected chi connectivity index (χ0v) is 9.77. The number of hydrogen-bond acceptors (Lipinski definition) is 3. The molecule has 3 N–H and O–H groups in total. The smallest absolute Gasteiger partial charge is 0.288 e. The molecule has 0 aliphatic rings. The molecule has 0 aromatic carbocycles. The minimum atomic E-state index is -0.717. The summed E-state index contributed by atoms with van der Waals surface area (Å²) in [6, 6.07) is 1.72. The molecule has 5 heteroatoms. The first-order valence-corrected chi connectivity index (χ1v) is 4.92. The van der Waals surface area contributed by atoms with Crippen LogP contribution in [-0.4, -0.2) is 16.4 Å². The molecule has 1 aromatic heterocycles. The van der Waals surface area contributed by atoms with Gasteiger partial charge in [0.05, 0.1) is 16.8 Å². The van der Waals surface area contributed by atoms with Crippen molar-refractivity contribution in [3.8, 4) is 0 Å². The molecule has 0 saturated heterocycles. The summed E-state index contributed by atoms with van der Waals surface area (Å²) in [7, 11) is 0. The van der Waals surface area contributed by atoms with Crippen LogP contribution in [0.5, 0.6) is 0 Å². The number of carbonyl (C=O) groups excluding carboxylic acids is 1. The minimum Gasteiger partial charge on any atom is -0.459 e. The Bertz CT molecular complexity index is 396. The van der Waals surface area contributed by atoms with Crippen molar-refractivity contribution in [1.82, 2.24) is 5.32 Å². The molecule has 0 spiro atoms. The molecule has 0 unspecified atom stereocenters. The summed E-state index contributed by atoms with van der Waals surface area (Å²) in [6.07, 6.45) is 1.47. The first-order valence-electron chi connectivity index (χ1n) is 4.51. The van der Waals surface area contributed by atoms with Crippen LogP contribution >= 0.6 is 12.2 Å². The minimum absolute atomic E-state index is 0.236. The van der Waals surface area contributed by atoms with Crippen molar-refractivity contribution in [3.05, 3.63) is 23.7 Å². The van der Waals surface area contributed by atoms with Crippen LogP contribution in [0.25, 0.3) is 0 Å². The van der Waals surface area contributed by atoms with Gasteiger partial charge in [-0.25, -0.2) is 0 Å². The number of amides is 1. The van der Waals surface area contributed by atoms with E-state index in [9.17, 15) is 4.79 Å². The van der Waals surface area contributed by atoms with Crippen LogP contribution in [0.4, 0.5) is 0 Å². The lowest BCUT2D eigenvalue weighted by molar-refractivity contribution is 0.0903. The Balaban J connectivity index is 2.81. The largest absolute Gasteiger partial charge is 0.459 e. The van der Waals surface area contributed by atoms with Gasteiger partial charge in [0.2, 0.25) is 0 Å². The van der Waals surface area contributed by atoms with Crippen molar-refractivity contribution in [2.24, 2.45) is 5.73 Å².